The van der Waals surface area contributed by atoms with E-state index in [1.165, 1.54) is 13.1 Å². The van der Waals surface area contributed by atoms with Crippen molar-refractivity contribution in [3.8, 4) is 0 Å². The monoisotopic (exact) mass is 644 g/mol. The fourth-order valence-electron chi connectivity index (χ4n) is 4.45. The fraction of sp³-hybridized carbons (Fsp3) is 0.276. The first kappa shape index (κ1) is 32.1. The summed E-state index contributed by atoms with van der Waals surface area (Å²) in [6, 6.07) is 16.8. The third kappa shape index (κ3) is 7.42. The number of anilines is 2. The molecule has 0 bridgehead atoms. The molecule has 43 heavy (non-hydrogen) atoms. The molecule has 3 aromatic rings. The second-order valence-electron chi connectivity index (χ2n) is 9.97. The molecule has 0 aliphatic carbocycles. The van der Waals surface area contributed by atoms with Crippen molar-refractivity contribution >= 4 is 71.9 Å². The molecule has 4 rings (SSSR count). The average Bonchev–Trinajstić information content (AvgIpc) is 2.94. The highest BCUT2D eigenvalue weighted by atomic mass is 35.5. The fourth-order valence-corrected chi connectivity index (χ4v) is 6.36. The topological polar surface area (TPSA) is 141 Å². The number of para-hydroxylation sites is 1. The average molecular weight is 645 g/mol. The lowest BCUT2D eigenvalue weighted by Gasteiger charge is -2.27. The number of nitrogens with one attached hydrogen (secondary N) is 2. The number of aliphatic imine (C=N–C) groups is 2. The van der Waals surface area contributed by atoms with Crippen molar-refractivity contribution in [3.05, 3.63) is 76.8 Å². The molecule has 0 spiro atoms. The van der Waals surface area contributed by atoms with Crippen LogP contribution < -0.4 is 14.9 Å². The first-order valence-corrected chi connectivity index (χ1v) is 17.1. The molecular formula is C29H33ClN6O5S2. The van der Waals surface area contributed by atoms with Crippen molar-refractivity contribution in [1.82, 2.24) is 9.03 Å². The molecule has 0 unspecified atom stereocenters. The zero-order chi connectivity index (χ0) is 31.5. The minimum Gasteiger partial charge on any atom is -0.370 e. The van der Waals surface area contributed by atoms with Crippen molar-refractivity contribution in [2.45, 2.75) is 25.7 Å². The van der Waals surface area contributed by atoms with Gasteiger partial charge in [-0.2, -0.15) is 0 Å². The van der Waals surface area contributed by atoms with Gasteiger partial charge in [0.2, 0.25) is 10.0 Å². The number of rotatable bonds is 10. The number of amides is 1. The van der Waals surface area contributed by atoms with Crippen LogP contribution in [0.2, 0.25) is 5.02 Å². The maximum absolute atomic E-state index is 13.8. The van der Waals surface area contributed by atoms with E-state index in [4.69, 9.17) is 11.6 Å². The van der Waals surface area contributed by atoms with Gasteiger partial charge in [-0.05, 0) is 74.4 Å². The van der Waals surface area contributed by atoms with Crippen molar-refractivity contribution < 1.29 is 21.6 Å². The minimum atomic E-state index is -4.01. The van der Waals surface area contributed by atoms with Crippen molar-refractivity contribution in [3.63, 3.8) is 0 Å². The van der Waals surface area contributed by atoms with Gasteiger partial charge in [0.05, 0.1) is 17.6 Å². The van der Waals surface area contributed by atoms with Gasteiger partial charge in [-0.1, -0.05) is 29.8 Å². The highest BCUT2D eigenvalue weighted by molar-refractivity contribution is 7.90. The molecular weight excluding hydrogens is 612 g/mol. The number of nitrogens with zero attached hydrogens (tertiary/aromatic N) is 4. The second kappa shape index (κ2) is 12.8. The van der Waals surface area contributed by atoms with E-state index in [1.807, 2.05) is 37.8 Å². The molecule has 3 aromatic carbocycles. The largest absolute Gasteiger partial charge is 0.370 e. The van der Waals surface area contributed by atoms with Crippen LogP contribution in [0.5, 0.6) is 0 Å². The van der Waals surface area contributed by atoms with Crippen molar-refractivity contribution in [1.29, 1.82) is 0 Å². The Bertz CT molecular complexity index is 1840. The zero-order valence-corrected chi connectivity index (χ0v) is 26.8. The number of aryl methyl sites for hydroxylation is 2. The van der Waals surface area contributed by atoms with E-state index in [0.717, 1.165) is 21.8 Å². The van der Waals surface area contributed by atoms with Gasteiger partial charge in [0.15, 0.2) is 11.5 Å². The lowest BCUT2D eigenvalue weighted by molar-refractivity contribution is -0.110. The van der Waals surface area contributed by atoms with E-state index in [1.54, 1.807) is 42.5 Å². The summed E-state index contributed by atoms with van der Waals surface area (Å²) in [4.78, 5) is 25.1. The third-order valence-electron chi connectivity index (χ3n) is 6.81. The predicted molar refractivity (Wildman–Crippen MR) is 172 cm³/mol. The van der Waals surface area contributed by atoms with Gasteiger partial charge in [0.1, 0.15) is 4.90 Å². The van der Waals surface area contributed by atoms with Crippen LogP contribution in [-0.2, 0) is 24.8 Å². The van der Waals surface area contributed by atoms with Crippen molar-refractivity contribution in [2.75, 3.05) is 43.2 Å². The minimum absolute atomic E-state index is 0.0252. The van der Waals surface area contributed by atoms with Crippen molar-refractivity contribution in [2.24, 2.45) is 9.98 Å². The molecule has 2 N–H and O–H groups in total. The number of hydrogen-bond acceptors (Lipinski definition) is 8. The summed E-state index contributed by atoms with van der Waals surface area (Å²) in [5.41, 5.74) is 3.15. The number of sulfonamides is 2. The van der Waals surface area contributed by atoms with Gasteiger partial charge >= 0.3 is 0 Å². The Kier molecular flexibility index (Phi) is 9.60. The first-order valence-electron chi connectivity index (χ1n) is 13.3. The second-order valence-corrected chi connectivity index (χ2v) is 14.2. The van der Waals surface area contributed by atoms with Crippen LogP contribution in [0.25, 0.3) is 0 Å². The lowest BCUT2D eigenvalue weighted by Crippen LogP contribution is -2.44. The Labute approximate surface area is 257 Å². The van der Waals surface area contributed by atoms with E-state index in [2.05, 4.69) is 20.0 Å². The molecule has 0 fully saturated rings. The number of amidine groups is 1. The highest BCUT2D eigenvalue weighted by Crippen LogP contribution is 2.33. The van der Waals surface area contributed by atoms with E-state index >= 15 is 0 Å². The molecule has 0 atom stereocenters. The standard InChI is InChI=1S/C29H33ClN6O5S2/c1-6-36(16-15-31-42(5,38)39)22-13-14-23(20(3)17-22)32-27(29(37)34-25-18-21(30)12-11-19(25)2)28-33-24-9-7-8-10-26(24)43(40,41)35(28)4/h7-14,17-18,31H,6,15-16H2,1-5H3,(H,34,37). The smallest absolute Gasteiger partial charge is 0.278 e. The third-order valence-corrected chi connectivity index (χ3v) is 9.57. The van der Waals surface area contributed by atoms with Crippen LogP contribution in [0.1, 0.15) is 18.1 Å². The number of benzene rings is 3. The van der Waals surface area contributed by atoms with Gasteiger partial charge in [0.25, 0.3) is 15.9 Å². The molecule has 0 radical (unpaired) electrons. The summed E-state index contributed by atoms with van der Waals surface area (Å²) in [5.74, 6) is -0.808. The van der Waals surface area contributed by atoms with E-state index in [9.17, 15) is 21.6 Å². The van der Waals surface area contributed by atoms with Crippen LogP contribution >= 0.6 is 11.6 Å². The summed E-state index contributed by atoms with van der Waals surface area (Å²) in [6.07, 6.45) is 1.11. The molecule has 14 heteroatoms. The van der Waals surface area contributed by atoms with Gasteiger partial charge in [-0.3, -0.25) is 9.10 Å². The Morgan fingerprint density at radius 2 is 1.79 bits per heavy atom. The predicted octanol–water partition coefficient (Wildman–Crippen LogP) is 4.41. The van der Waals surface area contributed by atoms with Crippen LogP contribution in [0, 0.1) is 13.8 Å². The highest BCUT2D eigenvalue weighted by Gasteiger charge is 2.36. The summed E-state index contributed by atoms with van der Waals surface area (Å²) in [7, 11) is -6.00. The molecule has 0 aromatic heterocycles. The molecule has 1 aliphatic heterocycles. The molecule has 1 heterocycles. The van der Waals surface area contributed by atoms with Gasteiger partial charge in [0, 0.05) is 43.1 Å². The number of likely N-dealkylation sites (N-methyl/N-ethyl adjacent to an activating group) is 1. The number of halogens is 1. The summed E-state index contributed by atoms with van der Waals surface area (Å²) >= 11 is 6.17. The molecule has 1 amide bonds. The summed E-state index contributed by atoms with van der Waals surface area (Å²) < 4.78 is 53.2. The van der Waals surface area contributed by atoms with Gasteiger partial charge in [-0.25, -0.2) is 31.5 Å². The number of hydrogen-bond donors (Lipinski definition) is 2. The van der Waals surface area contributed by atoms with E-state index in [0.29, 0.717) is 35.1 Å². The first-order chi connectivity index (χ1) is 20.2. The lowest BCUT2D eigenvalue weighted by atomic mass is 10.1. The molecule has 0 saturated heterocycles. The van der Waals surface area contributed by atoms with Gasteiger partial charge < -0.3 is 10.2 Å². The van der Waals surface area contributed by atoms with E-state index < -0.39 is 26.0 Å². The Morgan fingerprint density at radius 3 is 2.47 bits per heavy atom. The SMILES string of the molecule is CCN(CCNS(C)(=O)=O)c1ccc(N=C(C(=O)Nc2cc(Cl)ccc2C)C2=Nc3ccccc3S(=O)(=O)N2C)c(C)c1. The number of carbonyl (C=O) groups is 1. The number of fused-ring (bicyclic) bond motifs is 1. The molecule has 11 nitrogen and oxygen atoms in total. The Hall–Kier alpha value is -3.78. The maximum atomic E-state index is 13.8. The quantitative estimate of drug-likeness (QED) is 0.313. The molecule has 1 aliphatic rings. The van der Waals surface area contributed by atoms with E-state index in [-0.39, 0.29) is 28.7 Å². The summed E-state index contributed by atoms with van der Waals surface area (Å²) in [5, 5.41) is 3.23. The van der Waals surface area contributed by atoms with Crippen LogP contribution in [-0.4, -0.2) is 71.5 Å². The molecule has 0 saturated carbocycles. The molecule has 228 valence electrons. The van der Waals surface area contributed by atoms with Crippen LogP contribution in [0.4, 0.5) is 22.7 Å². The normalized spacial score (nSPS) is 14.6. The maximum Gasteiger partial charge on any atom is 0.278 e. The number of carbonyl (C=O) groups excluding carboxylic acids is 1. The zero-order valence-electron chi connectivity index (χ0n) is 24.4. The van der Waals surface area contributed by atoms with Crippen LogP contribution in [0.15, 0.2) is 75.5 Å². The Balaban J connectivity index is 1.78. The summed E-state index contributed by atoms with van der Waals surface area (Å²) in [6.45, 7) is 6.89. The Morgan fingerprint density at radius 1 is 1.07 bits per heavy atom. The van der Waals surface area contributed by atoms with Crippen LogP contribution in [0.3, 0.4) is 0 Å². The van der Waals surface area contributed by atoms with Gasteiger partial charge in [-0.15, -0.1) is 0 Å².